The van der Waals surface area contributed by atoms with Crippen LogP contribution in [-0.2, 0) is 14.8 Å². The van der Waals surface area contributed by atoms with Crippen molar-refractivity contribution in [3.63, 3.8) is 0 Å². The topological polar surface area (TPSA) is 66.5 Å². The molecule has 2 unspecified atom stereocenters. The van der Waals surface area contributed by atoms with Crippen molar-refractivity contribution in [2.75, 3.05) is 6.54 Å². The van der Waals surface area contributed by atoms with Gasteiger partial charge in [-0.2, -0.15) is 4.31 Å². The molecule has 2 rings (SSSR count). The Kier molecular flexibility index (Phi) is 8.21. The van der Waals surface area contributed by atoms with Crippen molar-refractivity contribution < 1.29 is 13.2 Å². The van der Waals surface area contributed by atoms with E-state index in [-0.39, 0.29) is 31.0 Å². The Hall–Kier alpha value is -2.18. The Morgan fingerprint density at radius 2 is 1.60 bits per heavy atom. The van der Waals surface area contributed by atoms with Gasteiger partial charge < -0.3 is 5.32 Å². The first-order chi connectivity index (χ1) is 14.1. The molecule has 1 N–H and O–H groups in total. The van der Waals surface area contributed by atoms with Crippen LogP contribution in [0.4, 0.5) is 0 Å². The summed E-state index contributed by atoms with van der Waals surface area (Å²) < 4.78 is 28.5. The number of carbonyl (C=O) groups is 1. The monoisotopic (exact) mass is 430 g/mol. The summed E-state index contributed by atoms with van der Waals surface area (Å²) in [6.45, 7) is 11.5. The molecule has 2 atom stereocenters. The van der Waals surface area contributed by atoms with Crippen LogP contribution >= 0.6 is 0 Å². The van der Waals surface area contributed by atoms with Gasteiger partial charge in [-0.15, -0.1) is 0 Å². The minimum Gasteiger partial charge on any atom is -0.350 e. The fourth-order valence-corrected chi connectivity index (χ4v) is 5.94. The molecule has 0 saturated heterocycles. The van der Waals surface area contributed by atoms with Crippen LogP contribution in [0.2, 0.25) is 0 Å². The molecule has 0 spiro atoms. The molecule has 164 valence electrons. The molecule has 0 saturated carbocycles. The van der Waals surface area contributed by atoms with Crippen LogP contribution in [-0.4, -0.2) is 31.2 Å². The number of sulfonamides is 1. The summed E-state index contributed by atoms with van der Waals surface area (Å²) in [4.78, 5) is 12.9. The normalized spacial score (nSPS) is 13.8. The van der Waals surface area contributed by atoms with Gasteiger partial charge in [-0.05, 0) is 57.7 Å². The molecule has 2 aromatic carbocycles. The standard InChI is InChI=1S/C24H34N2O3S/c1-7-20(5)26(30(28,29)24-18(3)15-17(2)16-19(24)4)14-13-23(27)25-21(6)22-11-9-8-10-12-22/h8-12,15-16,20-21H,7,13-14H2,1-6H3,(H,25,27). The van der Waals surface area contributed by atoms with Gasteiger partial charge in [0.25, 0.3) is 0 Å². The SMILES string of the molecule is CCC(C)N(CCC(=O)NC(C)c1ccccc1)S(=O)(=O)c1c(C)cc(C)cc1C. The lowest BCUT2D eigenvalue weighted by Crippen LogP contribution is -2.41. The first kappa shape index (κ1) is 24.1. The summed E-state index contributed by atoms with van der Waals surface area (Å²) in [6.07, 6.45) is 0.788. The molecular weight excluding hydrogens is 396 g/mol. The van der Waals surface area contributed by atoms with Gasteiger partial charge in [-0.25, -0.2) is 8.42 Å². The number of carbonyl (C=O) groups excluding carboxylic acids is 1. The average Bonchev–Trinajstić information content (AvgIpc) is 2.67. The molecule has 30 heavy (non-hydrogen) atoms. The van der Waals surface area contributed by atoms with Crippen molar-refractivity contribution in [1.29, 1.82) is 0 Å². The van der Waals surface area contributed by atoms with Crippen LogP contribution in [0, 0.1) is 20.8 Å². The highest BCUT2D eigenvalue weighted by Crippen LogP contribution is 2.27. The van der Waals surface area contributed by atoms with Crippen LogP contribution in [0.3, 0.4) is 0 Å². The van der Waals surface area contributed by atoms with Gasteiger partial charge in [0.15, 0.2) is 0 Å². The van der Waals surface area contributed by atoms with Crippen LogP contribution in [0.5, 0.6) is 0 Å². The van der Waals surface area contributed by atoms with E-state index >= 15 is 0 Å². The molecule has 0 aromatic heterocycles. The lowest BCUT2D eigenvalue weighted by molar-refractivity contribution is -0.121. The van der Waals surface area contributed by atoms with Crippen LogP contribution in [0.15, 0.2) is 47.4 Å². The third-order valence-corrected chi connectivity index (χ3v) is 7.81. The second kappa shape index (κ2) is 10.2. The number of hydrogen-bond donors (Lipinski definition) is 1. The smallest absolute Gasteiger partial charge is 0.243 e. The molecule has 0 aliphatic heterocycles. The van der Waals surface area contributed by atoms with E-state index in [1.807, 2.05) is 84.0 Å². The highest BCUT2D eigenvalue weighted by Gasteiger charge is 2.31. The number of amides is 1. The Bertz CT molecular complexity index is 948. The van der Waals surface area contributed by atoms with E-state index in [0.29, 0.717) is 11.3 Å². The fraction of sp³-hybridized carbons (Fsp3) is 0.458. The van der Waals surface area contributed by atoms with Crippen molar-refractivity contribution in [2.45, 2.75) is 71.4 Å². The van der Waals surface area contributed by atoms with Gasteiger partial charge in [-0.3, -0.25) is 4.79 Å². The van der Waals surface area contributed by atoms with Gasteiger partial charge in [0, 0.05) is 19.0 Å². The Morgan fingerprint density at radius 1 is 1.03 bits per heavy atom. The second-order valence-corrected chi connectivity index (χ2v) is 9.88. The first-order valence-corrected chi connectivity index (χ1v) is 12.0. The predicted molar refractivity (Wildman–Crippen MR) is 122 cm³/mol. The number of benzene rings is 2. The summed E-state index contributed by atoms with van der Waals surface area (Å²) in [5, 5.41) is 2.97. The second-order valence-electron chi connectivity index (χ2n) is 8.05. The van der Waals surface area contributed by atoms with E-state index in [0.717, 1.165) is 22.3 Å². The Balaban J connectivity index is 2.19. The Labute approximate surface area is 181 Å². The third kappa shape index (κ3) is 5.70. The van der Waals surface area contributed by atoms with E-state index in [1.54, 1.807) is 0 Å². The fourth-order valence-electron chi connectivity index (χ4n) is 3.82. The van der Waals surface area contributed by atoms with E-state index in [4.69, 9.17) is 0 Å². The maximum atomic E-state index is 13.5. The Morgan fingerprint density at radius 3 is 2.13 bits per heavy atom. The van der Waals surface area contributed by atoms with Crippen LogP contribution in [0.25, 0.3) is 0 Å². The van der Waals surface area contributed by atoms with Crippen molar-refractivity contribution in [3.05, 3.63) is 64.7 Å². The zero-order valence-electron chi connectivity index (χ0n) is 18.9. The molecule has 0 aliphatic rings. The van der Waals surface area contributed by atoms with Gasteiger partial charge in [0.1, 0.15) is 0 Å². The number of rotatable bonds is 9. The van der Waals surface area contributed by atoms with Crippen molar-refractivity contribution in [3.8, 4) is 0 Å². The number of nitrogens with zero attached hydrogens (tertiary/aromatic N) is 1. The molecule has 0 aliphatic carbocycles. The predicted octanol–water partition coefficient (Wildman–Crippen LogP) is 4.67. The summed E-state index contributed by atoms with van der Waals surface area (Å²) >= 11 is 0. The molecule has 0 radical (unpaired) electrons. The maximum absolute atomic E-state index is 13.5. The minimum absolute atomic E-state index is 0.116. The molecular formula is C24H34N2O3S. The van der Waals surface area contributed by atoms with E-state index in [9.17, 15) is 13.2 Å². The number of hydrogen-bond acceptors (Lipinski definition) is 3. The van der Waals surface area contributed by atoms with Gasteiger partial charge in [-0.1, -0.05) is 55.0 Å². The van der Waals surface area contributed by atoms with Gasteiger partial charge in [0.2, 0.25) is 15.9 Å². The zero-order chi connectivity index (χ0) is 22.5. The quantitative estimate of drug-likeness (QED) is 0.629. The molecule has 0 bridgehead atoms. The molecule has 6 heteroatoms. The zero-order valence-corrected chi connectivity index (χ0v) is 19.7. The first-order valence-electron chi connectivity index (χ1n) is 10.5. The van der Waals surface area contributed by atoms with Gasteiger partial charge >= 0.3 is 0 Å². The van der Waals surface area contributed by atoms with Crippen molar-refractivity contribution >= 4 is 15.9 Å². The van der Waals surface area contributed by atoms with Crippen LogP contribution < -0.4 is 5.32 Å². The lowest BCUT2D eigenvalue weighted by Gasteiger charge is -2.29. The summed E-state index contributed by atoms with van der Waals surface area (Å²) in [5.41, 5.74) is 3.53. The third-order valence-electron chi connectivity index (χ3n) is 5.49. The van der Waals surface area contributed by atoms with Crippen molar-refractivity contribution in [1.82, 2.24) is 9.62 Å². The molecule has 0 heterocycles. The molecule has 1 amide bonds. The minimum atomic E-state index is -3.71. The van der Waals surface area contributed by atoms with Crippen LogP contribution in [0.1, 0.15) is 61.9 Å². The molecule has 0 fully saturated rings. The summed E-state index contributed by atoms with van der Waals surface area (Å²) in [6, 6.07) is 13.2. The highest BCUT2D eigenvalue weighted by molar-refractivity contribution is 7.89. The summed E-state index contributed by atoms with van der Waals surface area (Å²) in [7, 11) is -3.71. The highest BCUT2D eigenvalue weighted by atomic mass is 32.2. The molecule has 5 nitrogen and oxygen atoms in total. The lowest BCUT2D eigenvalue weighted by atomic mass is 10.1. The van der Waals surface area contributed by atoms with E-state index in [2.05, 4.69) is 5.32 Å². The van der Waals surface area contributed by atoms with Crippen molar-refractivity contribution in [2.24, 2.45) is 0 Å². The van der Waals surface area contributed by atoms with Gasteiger partial charge in [0.05, 0.1) is 10.9 Å². The number of aryl methyl sites for hydroxylation is 3. The number of nitrogens with one attached hydrogen (secondary N) is 1. The molecule has 2 aromatic rings. The van der Waals surface area contributed by atoms with E-state index in [1.165, 1.54) is 4.31 Å². The maximum Gasteiger partial charge on any atom is 0.243 e. The average molecular weight is 431 g/mol. The summed E-state index contributed by atoms with van der Waals surface area (Å²) in [5.74, 6) is -0.160. The van der Waals surface area contributed by atoms with E-state index < -0.39 is 10.0 Å². The largest absolute Gasteiger partial charge is 0.350 e.